The highest BCUT2D eigenvalue weighted by molar-refractivity contribution is 7.91. The first-order chi connectivity index (χ1) is 9.16. The molecule has 0 radical (unpaired) electrons. The molecule has 0 aliphatic heterocycles. The zero-order valence-electron chi connectivity index (χ0n) is 12.1. The zero-order chi connectivity index (χ0) is 13.6. The van der Waals surface area contributed by atoms with Crippen molar-refractivity contribution in [2.45, 2.75) is 70.3 Å². The van der Waals surface area contributed by atoms with Gasteiger partial charge >= 0.3 is 0 Å². The number of hydrogen-bond acceptors (Lipinski definition) is 3. The third-order valence-electron chi connectivity index (χ3n) is 4.63. The Hall–Kier alpha value is -0.0900. The molecule has 0 atom stereocenters. The van der Waals surface area contributed by atoms with Gasteiger partial charge in [-0.25, -0.2) is 8.42 Å². The molecule has 0 unspecified atom stereocenters. The molecule has 2 saturated carbocycles. The minimum atomic E-state index is -2.81. The van der Waals surface area contributed by atoms with Gasteiger partial charge in [0, 0.05) is 6.04 Å². The summed E-state index contributed by atoms with van der Waals surface area (Å²) in [6, 6.07) is 0.645. The maximum atomic E-state index is 12.0. The lowest BCUT2D eigenvalue weighted by Crippen LogP contribution is -2.32. The van der Waals surface area contributed by atoms with Crippen LogP contribution in [-0.2, 0) is 9.84 Å². The molecule has 19 heavy (non-hydrogen) atoms. The van der Waals surface area contributed by atoms with Crippen LogP contribution < -0.4 is 5.32 Å². The van der Waals surface area contributed by atoms with E-state index in [1.807, 2.05) is 0 Å². The van der Waals surface area contributed by atoms with Gasteiger partial charge in [0.1, 0.15) is 0 Å². The molecule has 1 N–H and O–H groups in total. The van der Waals surface area contributed by atoms with E-state index < -0.39 is 9.84 Å². The van der Waals surface area contributed by atoms with Crippen LogP contribution in [0.4, 0.5) is 0 Å². The SMILES string of the molecule is O=S(=O)(CCCNC1CCCCC1)CC1CCCC1. The molecule has 4 heteroatoms. The molecule has 0 bridgehead atoms. The van der Waals surface area contributed by atoms with E-state index in [1.54, 1.807) is 0 Å². The standard InChI is InChI=1S/C15H29NO2S/c17-19(18,13-14-7-4-5-8-14)12-6-11-16-15-9-2-1-3-10-15/h14-16H,1-13H2. The van der Waals surface area contributed by atoms with E-state index >= 15 is 0 Å². The van der Waals surface area contributed by atoms with Crippen molar-refractivity contribution in [2.75, 3.05) is 18.1 Å². The summed E-state index contributed by atoms with van der Waals surface area (Å²) in [7, 11) is -2.81. The Labute approximate surface area is 118 Å². The highest BCUT2D eigenvalue weighted by atomic mass is 32.2. The van der Waals surface area contributed by atoms with Crippen LogP contribution in [0.1, 0.15) is 64.2 Å². The molecule has 0 spiro atoms. The van der Waals surface area contributed by atoms with Crippen LogP contribution in [0.25, 0.3) is 0 Å². The smallest absolute Gasteiger partial charge is 0.150 e. The first-order valence-corrected chi connectivity index (χ1v) is 9.92. The fourth-order valence-corrected chi connectivity index (χ4v) is 5.33. The van der Waals surface area contributed by atoms with Gasteiger partial charge in [-0.2, -0.15) is 0 Å². The van der Waals surface area contributed by atoms with Gasteiger partial charge in [0.25, 0.3) is 0 Å². The van der Waals surface area contributed by atoms with Crippen molar-refractivity contribution in [3.05, 3.63) is 0 Å². The Balaban J connectivity index is 1.58. The van der Waals surface area contributed by atoms with Crippen molar-refractivity contribution in [1.82, 2.24) is 5.32 Å². The molecule has 0 aromatic rings. The summed E-state index contributed by atoms with van der Waals surface area (Å²) < 4.78 is 24.0. The average Bonchev–Trinajstić information content (AvgIpc) is 2.88. The summed E-state index contributed by atoms with van der Waals surface area (Å²) in [6.07, 6.45) is 12.1. The molecular formula is C15H29NO2S. The van der Waals surface area contributed by atoms with E-state index in [1.165, 1.54) is 44.9 Å². The number of rotatable bonds is 7. The van der Waals surface area contributed by atoms with Crippen LogP contribution in [0.3, 0.4) is 0 Å². The molecule has 112 valence electrons. The zero-order valence-corrected chi connectivity index (χ0v) is 12.9. The quantitative estimate of drug-likeness (QED) is 0.732. The molecule has 0 aromatic carbocycles. The first kappa shape index (κ1) is 15.3. The van der Waals surface area contributed by atoms with E-state index in [4.69, 9.17) is 0 Å². The van der Waals surface area contributed by atoms with Crippen LogP contribution in [0, 0.1) is 5.92 Å². The lowest BCUT2D eigenvalue weighted by molar-refractivity contribution is 0.374. The van der Waals surface area contributed by atoms with Crippen molar-refractivity contribution < 1.29 is 8.42 Å². The van der Waals surface area contributed by atoms with E-state index in [0.29, 0.717) is 23.5 Å². The second kappa shape index (κ2) is 7.63. The number of sulfone groups is 1. The summed E-state index contributed by atoms with van der Waals surface area (Å²) in [6.45, 7) is 0.870. The Bertz CT molecular complexity index is 341. The highest BCUT2D eigenvalue weighted by Gasteiger charge is 2.22. The van der Waals surface area contributed by atoms with Gasteiger partial charge in [0.2, 0.25) is 0 Å². The summed E-state index contributed by atoms with van der Waals surface area (Å²) in [5, 5.41) is 3.52. The Kier molecular flexibility index (Phi) is 6.14. The highest BCUT2D eigenvalue weighted by Crippen LogP contribution is 2.26. The van der Waals surface area contributed by atoms with E-state index in [2.05, 4.69) is 5.32 Å². The van der Waals surface area contributed by atoms with Gasteiger partial charge in [0.05, 0.1) is 11.5 Å². The van der Waals surface area contributed by atoms with Crippen LogP contribution in [-0.4, -0.2) is 32.5 Å². The maximum Gasteiger partial charge on any atom is 0.150 e. The van der Waals surface area contributed by atoms with Gasteiger partial charge in [-0.15, -0.1) is 0 Å². The lowest BCUT2D eigenvalue weighted by atomic mass is 9.95. The molecular weight excluding hydrogens is 258 g/mol. The molecule has 2 aliphatic carbocycles. The second-order valence-corrected chi connectivity index (χ2v) is 8.64. The van der Waals surface area contributed by atoms with Crippen molar-refractivity contribution in [1.29, 1.82) is 0 Å². The summed E-state index contributed by atoms with van der Waals surface area (Å²) in [4.78, 5) is 0. The first-order valence-electron chi connectivity index (χ1n) is 8.09. The minimum Gasteiger partial charge on any atom is -0.314 e. The summed E-state index contributed by atoms with van der Waals surface area (Å²) in [5.41, 5.74) is 0. The second-order valence-electron chi connectivity index (χ2n) is 6.41. The van der Waals surface area contributed by atoms with Gasteiger partial charge in [-0.05, 0) is 44.6 Å². The largest absolute Gasteiger partial charge is 0.314 e. The Morgan fingerprint density at radius 2 is 1.53 bits per heavy atom. The molecule has 2 fully saturated rings. The molecule has 0 amide bonds. The molecule has 0 aromatic heterocycles. The number of hydrogen-bond donors (Lipinski definition) is 1. The lowest BCUT2D eigenvalue weighted by Gasteiger charge is -2.22. The monoisotopic (exact) mass is 287 g/mol. The topological polar surface area (TPSA) is 46.2 Å². The summed E-state index contributed by atoms with van der Waals surface area (Å²) >= 11 is 0. The Morgan fingerprint density at radius 3 is 2.21 bits per heavy atom. The van der Waals surface area contributed by atoms with Crippen molar-refractivity contribution in [2.24, 2.45) is 5.92 Å². The van der Waals surface area contributed by atoms with E-state index in [0.717, 1.165) is 25.8 Å². The van der Waals surface area contributed by atoms with Crippen molar-refractivity contribution >= 4 is 9.84 Å². The van der Waals surface area contributed by atoms with Gasteiger partial charge in [-0.1, -0.05) is 32.1 Å². The van der Waals surface area contributed by atoms with Gasteiger partial charge < -0.3 is 5.32 Å². The fourth-order valence-electron chi connectivity index (χ4n) is 3.52. The Morgan fingerprint density at radius 1 is 0.895 bits per heavy atom. The molecule has 2 aliphatic rings. The number of nitrogens with one attached hydrogen (secondary N) is 1. The maximum absolute atomic E-state index is 12.0. The van der Waals surface area contributed by atoms with E-state index in [-0.39, 0.29) is 0 Å². The summed E-state index contributed by atoms with van der Waals surface area (Å²) in [5.74, 6) is 1.27. The van der Waals surface area contributed by atoms with Crippen molar-refractivity contribution in [3.63, 3.8) is 0 Å². The molecule has 2 rings (SSSR count). The van der Waals surface area contributed by atoms with Crippen LogP contribution in [0.2, 0.25) is 0 Å². The third-order valence-corrected chi connectivity index (χ3v) is 6.52. The molecule has 0 saturated heterocycles. The van der Waals surface area contributed by atoms with Crippen LogP contribution in [0.15, 0.2) is 0 Å². The third kappa shape index (κ3) is 5.82. The van der Waals surface area contributed by atoms with Gasteiger partial charge in [0.15, 0.2) is 9.84 Å². The predicted molar refractivity (Wildman–Crippen MR) is 80.1 cm³/mol. The normalized spacial score (nSPS) is 22.9. The van der Waals surface area contributed by atoms with Crippen molar-refractivity contribution in [3.8, 4) is 0 Å². The minimum absolute atomic E-state index is 0.378. The average molecular weight is 287 g/mol. The van der Waals surface area contributed by atoms with Crippen LogP contribution >= 0.6 is 0 Å². The predicted octanol–water partition coefficient (Wildman–Crippen LogP) is 2.90. The molecule has 0 heterocycles. The van der Waals surface area contributed by atoms with Crippen LogP contribution in [0.5, 0.6) is 0 Å². The van der Waals surface area contributed by atoms with Gasteiger partial charge in [-0.3, -0.25) is 0 Å². The molecule has 3 nitrogen and oxygen atoms in total. The fraction of sp³-hybridized carbons (Fsp3) is 1.00. The van der Waals surface area contributed by atoms with E-state index in [9.17, 15) is 8.42 Å².